The van der Waals surface area contributed by atoms with E-state index in [-0.39, 0.29) is 17.2 Å². The van der Waals surface area contributed by atoms with E-state index in [2.05, 4.69) is 20.7 Å². The molecular formula is C17H12FN5O3. The van der Waals surface area contributed by atoms with Gasteiger partial charge in [-0.3, -0.25) is 20.0 Å². The summed E-state index contributed by atoms with van der Waals surface area (Å²) in [5.41, 5.74) is 3.90. The Morgan fingerprint density at radius 2 is 2.00 bits per heavy atom. The molecule has 8 nitrogen and oxygen atoms in total. The Bertz CT molecular complexity index is 982. The van der Waals surface area contributed by atoms with Crippen molar-refractivity contribution in [3.05, 3.63) is 81.8 Å². The van der Waals surface area contributed by atoms with Gasteiger partial charge in [-0.25, -0.2) is 9.82 Å². The summed E-state index contributed by atoms with van der Waals surface area (Å²) in [5.74, 6) is -0.898. The zero-order valence-corrected chi connectivity index (χ0v) is 13.2. The summed E-state index contributed by atoms with van der Waals surface area (Å²) in [5, 5.41) is 21.1. The van der Waals surface area contributed by atoms with Crippen LogP contribution in [-0.2, 0) is 0 Å². The van der Waals surface area contributed by atoms with E-state index < -0.39 is 10.8 Å². The van der Waals surface area contributed by atoms with Gasteiger partial charge in [0.1, 0.15) is 11.5 Å². The lowest BCUT2D eigenvalue weighted by atomic mass is 10.1. The van der Waals surface area contributed by atoms with Gasteiger partial charge in [0.25, 0.3) is 11.6 Å². The zero-order chi connectivity index (χ0) is 18.5. The van der Waals surface area contributed by atoms with Crippen LogP contribution in [0, 0.1) is 15.9 Å². The second-order valence-corrected chi connectivity index (χ2v) is 5.22. The Hall–Kier alpha value is -3.88. The second-order valence-electron chi connectivity index (χ2n) is 5.22. The molecule has 26 heavy (non-hydrogen) atoms. The third-order valence-electron chi connectivity index (χ3n) is 3.42. The van der Waals surface area contributed by atoms with Crippen LogP contribution in [0.2, 0.25) is 0 Å². The number of H-pyrrole nitrogens is 1. The number of nitrogens with one attached hydrogen (secondary N) is 2. The molecule has 130 valence electrons. The first-order valence-corrected chi connectivity index (χ1v) is 7.42. The summed E-state index contributed by atoms with van der Waals surface area (Å²) < 4.78 is 12.8. The first kappa shape index (κ1) is 17.0. The van der Waals surface area contributed by atoms with Gasteiger partial charge in [-0.05, 0) is 23.8 Å². The predicted octanol–water partition coefficient (Wildman–Crippen LogP) is 2.89. The number of hydrogen-bond acceptors (Lipinski definition) is 5. The number of nitrogens with zero attached hydrogens (tertiary/aromatic N) is 3. The summed E-state index contributed by atoms with van der Waals surface area (Å²) in [4.78, 5) is 22.4. The van der Waals surface area contributed by atoms with Crippen LogP contribution in [0.3, 0.4) is 0 Å². The maximum absolute atomic E-state index is 12.8. The van der Waals surface area contributed by atoms with Gasteiger partial charge >= 0.3 is 0 Å². The van der Waals surface area contributed by atoms with Gasteiger partial charge < -0.3 is 0 Å². The molecular weight excluding hydrogens is 341 g/mol. The van der Waals surface area contributed by atoms with Gasteiger partial charge in [0, 0.05) is 17.7 Å². The number of nitro benzene ring substituents is 1. The van der Waals surface area contributed by atoms with Crippen LogP contribution in [0.15, 0.2) is 59.7 Å². The van der Waals surface area contributed by atoms with Crippen molar-refractivity contribution in [3.8, 4) is 11.3 Å². The average molecular weight is 353 g/mol. The molecule has 9 heteroatoms. The number of non-ortho nitro benzene ring substituents is 1. The number of hydrazone groups is 1. The monoisotopic (exact) mass is 353 g/mol. The van der Waals surface area contributed by atoms with Gasteiger partial charge in [0.05, 0.1) is 16.8 Å². The number of benzene rings is 2. The molecule has 0 aliphatic rings. The normalized spacial score (nSPS) is 10.8. The van der Waals surface area contributed by atoms with Crippen LogP contribution in [-0.4, -0.2) is 27.2 Å². The fourth-order valence-electron chi connectivity index (χ4n) is 2.14. The summed E-state index contributed by atoms with van der Waals surface area (Å²) in [6.45, 7) is 0. The molecule has 3 rings (SSSR count). The fraction of sp³-hybridized carbons (Fsp3) is 0. The van der Waals surface area contributed by atoms with Crippen LogP contribution < -0.4 is 5.43 Å². The van der Waals surface area contributed by atoms with Crippen LogP contribution >= 0.6 is 0 Å². The number of nitro groups is 1. The highest BCUT2D eigenvalue weighted by Crippen LogP contribution is 2.22. The van der Waals surface area contributed by atoms with Crippen LogP contribution in [0.5, 0.6) is 0 Å². The minimum Gasteiger partial charge on any atom is -0.272 e. The SMILES string of the molecule is O=C(N/N=C/c1ccc(F)cc1)c1cc(-c2cccc([N+](=O)[O-])c2)n[nH]1. The molecule has 1 aromatic heterocycles. The molecule has 0 radical (unpaired) electrons. The van der Waals surface area contributed by atoms with Crippen molar-refractivity contribution in [2.24, 2.45) is 5.10 Å². The zero-order valence-electron chi connectivity index (χ0n) is 13.2. The molecule has 0 unspecified atom stereocenters. The van der Waals surface area contributed by atoms with Crippen molar-refractivity contribution >= 4 is 17.8 Å². The van der Waals surface area contributed by atoms with Crippen molar-refractivity contribution in [2.45, 2.75) is 0 Å². The maximum Gasteiger partial charge on any atom is 0.289 e. The van der Waals surface area contributed by atoms with Crippen LogP contribution in [0.4, 0.5) is 10.1 Å². The maximum atomic E-state index is 12.8. The molecule has 2 N–H and O–H groups in total. The predicted molar refractivity (Wildman–Crippen MR) is 92.1 cm³/mol. The molecule has 2 aromatic carbocycles. The topological polar surface area (TPSA) is 113 Å². The van der Waals surface area contributed by atoms with Crippen molar-refractivity contribution in [1.82, 2.24) is 15.6 Å². The van der Waals surface area contributed by atoms with Crippen molar-refractivity contribution < 1.29 is 14.1 Å². The highest BCUT2D eigenvalue weighted by molar-refractivity contribution is 5.94. The molecule has 1 amide bonds. The highest BCUT2D eigenvalue weighted by Gasteiger charge is 2.13. The largest absolute Gasteiger partial charge is 0.289 e. The average Bonchev–Trinajstić information content (AvgIpc) is 3.14. The van der Waals surface area contributed by atoms with Crippen molar-refractivity contribution in [2.75, 3.05) is 0 Å². The Morgan fingerprint density at radius 1 is 1.23 bits per heavy atom. The lowest BCUT2D eigenvalue weighted by Crippen LogP contribution is -2.17. The number of rotatable bonds is 5. The van der Waals surface area contributed by atoms with Gasteiger partial charge in [-0.15, -0.1) is 0 Å². The second kappa shape index (κ2) is 7.34. The van der Waals surface area contributed by atoms with E-state index in [0.717, 1.165) is 0 Å². The molecule has 0 aliphatic carbocycles. The molecule has 0 atom stereocenters. The third kappa shape index (κ3) is 3.96. The fourth-order valence-corrected chi connectivity index (χ4v) is 2.14. The van der Waals surface area contributed by atoms with E-state index in [1.807, 2.05) is 0 Å². The molecule has 3 aromatic rings. The highest BCUT2D eigenvalue weighted by atomic mass is 19.1. The van der Waals surface area contributed by atoms with Crippen molar-refractivity contribution in [3.63, 3.8) is 0 Å². The first-order valence-electron chi connectivity index (χ1n) is 7.42. The minimum atomic E-state index is -0.535. The first-order chi connectivity index (χ1) is 12.5. The van der Waals surface area contributed by atoms with E-state index in [0.29, 0.717) is 16.8 Å². The number of aromatic amines is 1. The smallest absolute Gasteiger partial charge is 0.272 e. The Morgan fingerprint density at radius 3 is 2.73 bits per heavy atom. The number of carbonyl (C=O) groups excluding carboxylic acids is 1. The van der Waals surface area contributed by atoms with Gasteiger partial charge in [0.15, 0.2) is 0 Å². The van der Waals surface area contributed by atoms with Crippen molar-refractivity contribution in [1.29, 1.82) is 0 Å². The van der Waals surface area contributed by atoms with E-state index in [9.17, 15) is 19.3 Å². The molecule has 1 heterocycles. The number of hydrogen-bond donors (Lipinski definition) is 2. The van der Waals surface area contributed by atoms with E-state index in [4.69, 9.17) is 0 Å². The molecule has 0 saturated heterocycles. The molecule has 0 bridgehead atoms. The third-order valence-corrected chi connectivity index (χ3v) is 3.42. The van der Waals surface area contributed by atoms with Crippen LogP contribution in [0.1, 0.15) is 16.1 Å². The summed E-state index contributed by atoms with van der Waals surface area (Å²) in [6, 6.07) is 13.0. The number of aromatic nitrogens is 2. The van der Waals surface area contributed by atoms with Gasteiger partial charge in [-0.1, -0.05) is 24.3 Å². The molecule has 0 saturated carbocycles. The van der Waals surface area contributed by atoms with Crippen LogP contribution in [0.25, 0.3) is 11.3 Å². The summed E-state index contributed by atoms with van der Waals surface area (Å²) >= 11 is 0. The lowest BCUT2D eigenvalue weighted by Gasteiger charge is -1.96. The lowest BCUT2D eigenvalue weighted by molar-refractivity contribution is -0.384. The van der Waals surface area contributed by atoms with E-state index in [1.165, 1.54) is 54.7 Å². The van der Waals surface area contributed by atoms with Gasteiger partial charge in [-0.2, -0.15) is 10.2 Å². The Balaban J connectivity index is 1.69. The molecule has 0 spiro atoms. The number of carbonyl (C=O) groups is 1. The summed E-state index contributed by atoms with van der Waals surface area (Å²) in [6.07, 6.45) is 1.37. The standard InChI is InChI=1S/C17H12FN5O3/c18-13-6-4-11(5-7-13)10-19-22-17(24)16-9-15(20-21-16)12-2-1-3-14(8-12)23(25)26/h1-10H,(H,20,21)(H,22,24)/b19-10+. The molecule has 0 aliphatic heterocycles. The Labute approximate surface area is 146 Å². The minimum absolute atomic E-state index is 0.0691. The molecule has 0 fully saturated rings. The summed E-state index contributed by atoms with van der Waals surface area (Å²) in [7, 11) is 0. The quantitative estimate of drug-likeness (QED) is 0.417. The van der Waals surface area contributed by atoms with E-state index >= 15 is 0 Å². The van der Waals surface area contributed by atoms with E-state index in [1.54, 1.807) is 6.07 Å². The number of halogens is 1. The Kier molecular flexibility index (Phi) is 4.79. The number of amides is 1. The van der Waals surface area contributed by atoms with Gasteiger partial charge in [0.2, 0.25) is 0 Å².